The molecule has 0 aromatic heterocycles. The Morgan fingerprint density at radius 1 is 1.50 bits per heavy atom. The van der Waals surface area contributed by atoms with Crippen molar-refractivity contribution in [2.45, 2.75) is 38.9 Å². The zero-order valence-corrected chi connectivity index (χ0v) is 8.78. The van der Waals surface area contributed by atoms with Crippen molar-refractivity contribution in [2.75, 3.05) is 0 Å². The van der Waals surface area contributed by atoms with Gasteiger partial charge in [0.1, 0.15) is 5.60 Å². The topological polar surface area (TPSA) is 46.5 Å². The monoisotopic (exact) mass is 196 g/mol. The third kappa shape index (κ3) is 1.12. The minimum absolute atomic E-state index is 0.0882. The summed E-state index contributed by atoms with van der Waals surface area (Å²) in [5.74, 6) is -0.621. The van der Waals surface area contributed by atoms with E-state index in [1.165, 1.54) is 0 Å². The van der Waals surface area contributed by atoms with Crippen molar-refractivity contribution in [2.24, 2.45) is 11.3 Å². The van der Waals surface area contributed by atoms with Gasteiger partial charge in [-0.05, 0) is 24.8 Å². The molecule has 0 radical (unpaired) electrons. The number of hydrogen-bond acceptors (Lipinski definition) is 3. The van der Waals surface area contributed by atoms with Gasteiger partial charge in [0.05, 0.1) is 0 Å². The van der Waals surface area contributed by atoms with Gasteiger partial charge in [-0.15, -0.1) is 0 Å². The molecule has 0 saturated carbocycles. The molecule has 0 amide bonds. The van der Waals surface area contributed by atoms with Crippen LogP contribution in [0.3, 0.4) is 0 Å². The van der Waals surface area contributed by atoms with Crippen molar-refractivity contribution in [3.8, 4) is 0 Å². The molecule has 0 spiro atoms. The standard InChI is InChI=1S/C11H16O3/c1-10(2)5-4-6-11(3)8(10)7(12)9(13)14-11/h4,6-8,12H,5H2,1-3H3/t7-,8-,11+/m0/s1. The van der Waals surface area contributed by atoms with Gasteiger partial charge in [-0.1, -0.05) is 19.9 Å². The van der Waals surface area contributed by atoms with Gasteiger partial charge in [0.25, 0.3) is 0 Å². The van der Waals surface area contributed by atoms with E-state index in [1.54, 1.807) is 0 Å². The number of carbonyl (C=O) groups is 1. The maximum atomic E-state index is 11.3. The molecule has 2 aliphatic rings. The van der Waals surface area contributed by atoms with Crippen LogP contribution in [0.4, 0.5) is 0 Å². The summed E-state index contributed by atoms with van der Waals surface area (Å²) in [5.41, 5.74) is -0.701. The van der Waals surface area contributed by atoms with Crippen LogP contribution in [-0.4, -0.2) is 22.8 Å². The highest BCUT2D eigenvalue weighted by atomic mass is 16.6. The van der Waals surface area contributed by atoms with Crippen LogP contribution in [0.2, 0.25) is 0 Å². The highest BCUT2D eigenvalue weighted by molar-refractivity contribution is 5.78. The molecular weight excluding hydrogens is 180 g/mol. The molecule has 0 aromatic rings. The van der Waals surface area contributed by atoms with Crippen molar-refractivity contribution in [3.63, 3.8) is 0 Å². The Morgan fingerprint density at radius 2 is 2.14 bits per heavy atom. The Morgan fingerprint density at radius 3 is 2.71 bits per heavy atom. The van der Waals surface area contributed by atoms with Gasteiger partial charge in [-0.25, -0.2) is 4.79 Å². The molecule has 1 aliphatic carbocycles. The van der Waals surface area contributed by atoms with E-state index in [1.807, 2.05) is 19.1 Å². The SMILES string of the molecule is CC1(C)CC=C[C@@]2(C)OC(=O)[C@@H](O)[C@@H]12. The molecule has 1 aliphatic heterocycles. The number of carbonyl (C=O) groups excluding carboxylic acids is 1. The molecule has 3 atom stereocenters. The maximum absolute atomic E-state index is 11.3. The molecule has 1 saturated heterocycles. The predicted octanol–water partition coefficient (Wildman–Crippen LogP) is 1.27. The normalized spacial score (nSPS) is 44.7. The van der Waals surface area contributed by atoms with Gasteiger partial charge in [0.2, 0.25) is 0 Å². The van der Waals surface area contributed by atoms with Crippen LogP contribution in [0.1, 0.15) is 27.2 Å². The van der Waals surface area contributed by atoms with Gasteiger partial charge in [-0.2, -0.15) is 0 Å². The molecule has 3 heteroatoms. The first kappa shape index (κ1) is 9.71. The lowest BCUT2D eigenvalue weighted by Gasteiger charge is -2.41. The van der Waals surface area contributed by atoms with Crippen molar-refractivity contribution in [1.29, 1.82) is 0 Å². The second-order valence-electron chi connectivity index (χ2n) is 5.12. The first-order valence-electron chi connectivity index (χ1n) is 4.95. The summed E-state index contributed by atoms with van der Waals surface area (Å²) in [4.78, 5) is 11.3. The van der Waals surface area contributed by atoms with Crippen molar-refractivity contribution < 1.29 is 14.6 Å². The molecule has 0 bridgehead atoms. The fourth-order valence-electron chi connectivity index (χ4n) is 2.85. The second kappa shape index (κ2) is 2.60. The van der Waals surface area contributed by atoms with Crippen LogP contribution in [0, 0.1) is 11.3 Å². The quantitative estimate of drug-likeness (QED) is 0.468. The van der Waals surface area contributed by atoms with Gasteiger partial charge in [0.15, 0.2) is 6.10 Å². The Hall–Kier alpha value is -0.830. The maximum Gasteiger partial charge on any atom is 0.336 e. The van der Waals surface area contributed by atoms with Crippen molar-refractivity contribution in [3.05, 3.63) is 12.2 Å². The Kier molecular flexibility index (Phi) is 1.80. The molecule has 2 rings (SSSR count). The minimum atomic E-state index is -0.972. The Balaban J connectivity index is 2.46. The Bertz CT molecular complexity index is 306. The van der Waals surface area contributed by atoms with E-state index in [0.29, 0.717) is 0 Å². The summed E-state index contributed by atoms with van der Waals surface area (Å²) in [6, 6.07) is 0. The zero-order chi connectivity index (χ0) is 10.6. The fraction of sp³-hybridized carbons (Fsp3) is 0.727. The predicted molar refractivity (Wildman–Crippen MR) is 51.5 cm³/mol. The molecule has 1 heterocycles. The minimum Gasteiger partial charge on any atom is -0.453 e. The van der Waals surface area contributed by atoms with E-state index < -0.39 is 17.7 Å². The largest absolute Gasteiger partial charge is 0.453 e. The Labute approximate surface area is 83.8 Å². The third-order valence-corrected chi connectivity index (χ3v) is 3.43. The molecule has 14 heavy (non-hydrogen) atoms. The lowest BCUT2D eigenvalue weighted by molar-refractivity contribution is -0.149. The van der Waals surface area contributed by atoms with E-state index in [-0.39, 0.29) is 11.3 Å². The lowest BCUT2D eigenvalue weighted by Crippen LogP contribution is -2.45. The number of fused-ring (bicyclic) bond motifs is 1. The number of aliphatic hydroxyl groups excluding tert-OH is 1. The van der Waals surface area contributed by atoms with E-state index in [4.69, 9.17) is 4.74 Å². The van der Waals surface area contributed by atoms with Crippen LogP contribution in [-0.2, 0) is 9.53 Å². The van der Waals surface area contributed by atoms with Gasteiger partial charge in [0, 0.05) is 5.92 Å². The zero-order valence-electron chi connectivity index (χ0n) is 8.78. The van der Waals surface area contributed by atoms with Crippen LogP contribution in [0.25, 0.3) is 0 Å². The summed E-state index contributed by atoms with van der Waals surface area (Å²) in [7, 11) is 0. The summed E-state index contributed by atoms with van der Waals surface area (Å²) >= 11 is 0. The summed E-state index contributed by atoms with van der Waals surface area (Å²) < 4.78 is 5.22. The van der Waals surface area contributed by atoms with Gasteiger partial charge < -0.3 is 9.84 Å². The van der Waals surface area contributed by atoms with E-state index in [0.717, 1.165) is 6.42 Å². The van der Waals surface area contributed by atoms with Crippen LogP contribution in [0.15, 0.2) is 12.2 Å². The summed E-state index contributed by atoms with van der Waals surface area (Å²) in [6.45, 7) is 5.98. The third-order valence-electron chi connectivity index (χ3n) is 3.43. The highest BCUT2D eigenvalue weighted by Gasteiger charge is 2.58. The van der Waals surface area contributed by atoms with E-state index in [9.17, 15) is 9.90 Å². The van der Waals surface area contributed by atoms with Crippen LogP contribution < -0.4 is 0 Å². The first-order chi connectivity index (χ1) is 6.37. The number of ether oxygens (including phenoxy) is 1. The van der Waals surface area contributed by atoms with Crippen molar-refractivity contribution in [1.82, 2.24) is 0 Å². The number of aliphatic hydroxyl groups is 1. The smallest absolute Gasteiger partial charge is 0.336 e. The number of esters is 1. The van der Waals surface area contributed by atoms with Crippen LogP contribution >= 0.6 is 0 Å². The molecular formula is C11H16O3. The number of hydrogen-bond donors (Lipinski definition) is 1. The number of allylic oxidation sites excluding steroid dienone is 1. The molecule has 1 N–H and O–H groups in total. The van der Waals surface area contributed by atoms with Gasteiger partial charge >= 0.3 is 5.97 Å². The average molecular weight is 196 g/mol. The van der Waals surface area contributed by atoms with Crippen LogP contribution in [0.5, 0.6) is 0 Å². The summed E-state index contributed by atoms with van der Waals surface area (Å²) in [5, 5.41) is 9.79. The number of rotatable bonds is 0. The lowest BCUT2D eigenvalue weighted by atomic mass is 9.64. The fourth-order valence-corrected chi connectivity index (χ4v) is 2.85. The molecule has 0 aromatic carbocycles. The summed E-state index contributed by atoms with van der Waals surface area (Å²) in [6.07, 6.45) is 3.83. The van der Waals surface area contributed by atoms with E-state index in [2.05, 4.69) is 13.8 Å². The molecule has 3 nitrogen and oxygen atoms in total. The van der Waals surface area contributed by atoms with E-state index >= 15 is 0 Å². The molecule has 0 unspecified atom stereocenters. The van der Waals surface area contributed by atoms with Gasteiger partial charge in [-0.3, -0.25) is 0 Å². The first-order valence-corrected chi connectivity index (χ1v) is 4.95. The second-order valence-corrected chi connectivity index (χ2v) is 5.12. The average Bonchev–Trinajstić information content (AvgIpc) is 2.22. The molecule has 78 valence electrons. The van der Waals surface area contributed by atoms with Crippen molar-refractivity contribution >= 4 is 5.97 Å². The highest BCUT2D eigenvalue weighted by Crippen LogP contribution is 2.50. The molecule has 1 fully saturated rings.